The van der Waals surface area contributed by atoms with Crippen molar-refractivity contribution in [2.75, 3.05) is 0 Å². The van der Waals surface area contributed by atoms with Crippen molar-refractivity contribution in [3.63, 3.8) is 0 Å². The Bertz CT molecular complexity index is 4170. The first kappa shape index (κ1) is 46.1. The van der Waals surface area contributed by atoms with Crippen LogP contribution in [0.15, 0.2) is 206 Å². The molecule has 12 rings (SSSR count). The van der Waals surface area contributed by atoms with E-state index in [4.69, 9.17) is 0 Å². The predicted molar refractivity (Wildman–Crippen MR) is 291 cm³/mol. The Labute approximate surface area is 433 Å². The van der Waals surface area contributed by atoms with Crippen molar-refractivity contribution in [2.45, 2.75) is 6.18 Å². The minimum atomic E-state index is -4.64. The number of alkyl halides is 3. The lowest BCUT2D eigenvalue weighted by Gasteiger charge is -2.19. The van der Waals surface area contributed by atoms with Gasteiger partial charge in [-0.3, -0.25) is 0 Å². The number of fused-ring (bicyclic) bond motifs is 6. The Morgan fingerprint density at radius 1 is 0.289 bits per heavy atom. The van der Waals surface area contributed by atoms with E-state index in [1.54, 1.807) is 42.5 Å². The van der Waals surface area contributed by atoms with E-state index in [9.17, 15) is 39.5 Å². The van der Waals surface area contributed by atoms with Crippen molar-refractivity contribution in [1.82, 2.24) is 9.13 Å². The molecule has 7 nitrogen and oxygen atoms in total. The molecule has 0 saturated carbocycles. The van der Waals surface area contributed by atoms with Gasteiger partial charge in [-0.25, -0.2) is 0 Å². The number of hydrogen-bond donors (Lipinski definition) is 0. The molecule has 354 valence electrons. The van der Waals surface area contributed by atoms with Crippen LogP contribution in [0.2, 0.25) is 0 Å². The first-order valence-electron chi connectivity index (χ1n) is 24.0. The van der Waals surface area contributed by atoms with Crippen LogP contribution in [-0.4, -0.2) is 9.13 Å². The van der Waals surface area contributed by atoms with Crippen LogP contribution < -0.4 is 0 Å². The van der Waals surface area contributed by atoms with Crippen molar-refractivity contribution in [3.8, 4) is 97.4 Å². The number of nitriles is 5. The molecule has 0 N–H and O–H groups in total. The van der Waals surface area contributed by atoms with Gasteiger partial charge in [0.05, 0.1) is 85.5 Å². The number of nitrogens with zero attached hydrogens (tertiary/aromatic N) is 7. The van der Waals surface area contributed by atoms with Gasteiger partial charge in [-0.1, -0.05) is 84.9 Å². The molecule has 2 aromatic heterocycles. The lowest BCUT2D eigenvalue weighted by Crippen LogP contribution is -2.06. The maximum atomic E-state index is 14.6. The summed E-state index contributed by atoms with van der Waals surface area (Å²) >= 11 is 0. The summed E-state index contributed by atoms with van der Waals surface area (Å²) < 4.78 is 47.7. The quantitative estimate of drug-likeness (QED) is 0.157. The topological polar surface area (TPSA) is 129 Å². The van der Waals surface area contributed by atoms with Gasteiger partial charge in [0.1, 0.15) is 11.6 Å². The third kappa shape index (κ3) is 7.92. The summed E-state index contributed by atoms with van der Waals surface area (Å²) in [7, 11) is 0. The van der Waals surface area contributed by atoms with Crippen LogP contribution in [0, 0.1) is 56.7 Å². The molecular weight excluding hydrogens is 948 g/mol. The highest BCUT2D eigenvalue weighted by Gasteiger charge is 2.31. The van der Waals surface area contributed by atoms with Gasteiger partial charge in [0.25, 0.3) is 0 Å². The zero-order valence-corrected chi connectivity index (χ0v) is 39.9. The minimum absolute atomic E-state index is 0.238. The molecule has 10 aromatic carbocycles. The molecule has 10 heteroatoms. The zero-order chi connectivity index (χ0) is 52.2. The summed E-state index contributed by atoms with van der Waals surface area (Å²) in [5.74, 6) is 0. The molecule has 0 radical (unpaired) electrons. The van der Waals surface area contributed by atoms with Crippen LogP contribution in [0.5, 0.6) is 0 Å². The summed E-state index contributed by atoms with van der Waals surface area (Å²) in [5, 5.41) is 54.2. The van der Waals surface area contributed by atoms with Crippen LogP contribution >= 0.6 is 0 Å². The largest absolute Gasteiger partial charge is 0.416 e. The van der Waals surface area contributed by atoms with Crippen LogP contribution in [0.3, 0.4) is 0 Å². The van der Waals surface area contributed by atoms with E-state index in [0.717, 1.165) is 78.2 Å². The van der Waals surface area contributed by atoms with Crippen molar-refractivity contribution in [3.05, 3.63) is 240 Å². The number of hydrogen-bond acceptors (Lipinski definition) is 5. The van der Waals surface area contributed by atoms with Gasteiger partial charge in [0, 0.05) is 21.5 Å². The van der Waals surface area contributed by atoms with E-state index in [2.05, 4.69) is 30.3 Å². The Morgan fingerprint density at radius 3 is 0.868 bits per heavy atom. The van der Waals surface area contributed by atoms with Gasteiger partial charge in [-0.15, -0.1) is 0 Å². The van der Waals surface area contributed by atoms with Crippen LogP contribution in [0.1, 0.15) is 33.4 Å². The molecule has 12 aromatic rings. The van der Waals surface area contributed by atoms with E-state index in [-0.39, 0.29) is 11.1 Å². The van der Waals surface area contributed by atoms with Gasteiger partial charge < -0.3 is 9.13 Å². The standard InChI is InChI=1S/C66H34F3N7/c67-66(68,69)54-15-5-14-48(28-54)53-33-64(75-60-20-16-49(44-10-1-6-40(24-44)35-70)29-55(60)56-30-50(17-21-61(56)75)45-11-2-7-41(25-45)36-71)59(39-74)65(34-53)76-62-22-18-51(46-12-3-8-42(26-46)37-72)31-57(62)58-32-52(19-23-63(58)76)47-13-4-9-43(27-47)38-73/h1-34H. The summed E-state index contributed by atoms with van der Waals surface area (Å²) in [6.07, 6.45) is -4.64. The van der Waals surface area contributed by atoms with Crippen LogP contribution in [-0.2, 0) is 6.18 Å². The molecule has 2 heterocycles. The molecule has 0 fully saturated rings. The fourth-order valence-electron chi connectivity index (χ4n) is 10.5. The number of rotatable bonds is 7. The zero-order valence-electron chi connectivity index (χ0n) is 39.9. The molecular formula is C66H34F3N7. The highest BCUT2D eigenvalue weighted by molar-refractivity contribution is 6.14. The van der Waals surface area contributed by atoms with E-state index in [1.165, 1.54) is 6.07 Å². The summed E-state index contributed by atoms with van der Waals surface area (Å²) in [6.45, 7) is 0. The second-order valence-electron chi connectivity index (χ2n) is 18.4. The molecule has 0 amide bonds. The predicted octanol–water partition coefficient (Wildman–Crippen LogP) is 16.6. The molecule has 0 bridgehead atoms. The van der Waals surface area contributed by atoms with Gasteiger partial charge in [0.15, 0.2) is 0 Å². The fraction of sp³-hybridized carbons (Fsp3) is 0.0152. The van der Waals surface area contributed by atoms with Crippen molar-refractivity contribution in [2.24, 2.45) is 0 Å². The average molecular weight is 982 g/mol. The highest BCUT2D eigenvalue weighted by atomic mass is 19.4. The maximum Gasteiger partial charge on any atom is 0.416 e. The molecule has 0 aliphatic rings. The summed E-state index contributed by atoms with van der Waals surface area (Å²) in [6, 6.07) is 73.4. The van der Waals surface area contributed by atoms with Crippen LogP contribution in [0.4, 0.5) is 13.2 Å². The number of benzene rings is 10. The number of aromatic nitrogens is 2. The average Bonchev–Trinajstić information content (AvgIpc) is 3.99. The molecule has 0 atom stereocenters. The lowest BCUT2D eigenvalue weighted by atomic mass is 9.98. The van der Waals surface area contributed by atoms with Crippen molar-refractivity contribution in [1.29, 1.82) is 26.3 Å². The molecule has 0 aliphatic carbocycles. The summed E-state index contributed by atoms with van der Waals surface area (Å²) in [5.41, 5.74) is 12.4. The molecule has 0 saturated heterocycles. The number of halogens is 3. The van der Waals surface area contributed by atoms with Gasteiger partial charge in [-0.05, 0) is 177 Å². The van der Waals surface area contributed by atoms with Gasteiger partial charge in [0.2, 0.25) is 0 Å². The molecule has 0 spiro atoms. The minimum Gasteiger partial charge on any atom is -0.308 e. The Balaban J connectivity index is 1.19. The summed E-state index contributed by atoms with van der Waals surface area (Å²) in [4.78, 5) is 0. The lowest BCUT2D eigenvalue weighted by molar-refractivity contribution is -0.137. The first-order valence-corrected chi connectivity index (χ1v) is 24.0. The van der Waals surface area contributed by atoms with E-state index >= 15 is 0 Å². The monoisotopic (exact) mass is 981 g/mol. The second-order valence-corrected chi connectivity index (χ2v) is 18.4. The Morgan fingerprint density at radius 2 is 0.579 bits per heavy atom. The van der Waals surface area contributed by atoms with E-state index in [0.29, 0.717) is 61.3 Å². The van der Waals surface area contributed by atoms with E-state index < -0.39 is 11.7 Å². The Hall–Kier alpha value is -11.0. The maximum absolute atomic E-state index is 14.6. The molecule has 0 unspecified atom stereocenters. The second kappa shape index (κ2) is 18.3. The smallest absolute Gasteiger partial charge is 0.308 e. The first-order chi connectivity index (χ1) is 37.0. The molecule has 76 heavy (non-hydrogen) atoms. The Kier molecular flexibility index (Phi) is 11.1. The van der Waals surface area contributed by atoms with Gasteiger partial charge in [-0.2, -0.15) is 39.5 Å². The third-order valence-electron chi connectivity index (χ3n) is 14.0. The van der Waals surface area contributed by atoms with Crippen LogP contribution in [0.25, 0.3) is 111 Å². The van der Waals surface area contributed by atoms with Crippen molar-refractivity contribution >= 4 is 43.6 Å². The SMILES string of the molecule is N#Cc1cccc(-c2ccc3c(c2)c2cc(-c4cccc(C#N)c4)ccc2n3-c2cc(-c3cccc(C(F)(F)F)c3)cc(-n3c4ccc(-c5cccc(C#N)c5)cc4c4cc(-c5cccc(C#N)c5)ccc43)c2C#N)c1. The van der Waals surface area contributed by atoms with Gasteiger partial charge >= 0.3 is 6.18 Å². The third-order valence-corrected chi connectivity index (χ3v) is 14.0. The normalized spacial score (nSPS) is 11.3. The fourth-order valence-corrected chi connectivity index (χ4v) is 10.5. The highest BCUT2D eigenvalue weighted by Crippen LogP contribution is 2.44. The van der Waals surface area contributed by atoms with Crippen molar-refractivity contribution < 1.29 is 13.2 Å². The molecule has 0 aliphatic heterocycles. The van der Waals surface area contributed by atoms with E-state index in [1.807, 2.05) is 155 Å².